The Morgan fingerprint density at radius 2 is 1.79 bits per heavy atom. The fraction of sp³-hybridized carbons (Fsp3) is 0.682. The molecule has 2 heterocycles. The Balaban J connectivity index is 0.00000140. The lowest BCUT2D eigenvalue weighted by atomic mass is 9.91. The maximum absolute atomic E-state index is 12.6. The highest BCUT2D eigenvalue weighted by Crippen LogP contribution is 2.58. The highest BCUT2D eigenvalue weighted by molar-refractivity contribution is 5.85. The van der Waals surface area contributed by atoms with Crippen molar-refractivity contribution in [1.29, 1.82) is 0 Å². The summed E-state index contributed by atoms with van der Waals surface area (Å²) >= 11 is 0. The third kappa shape index (κ3) is 5.41. The van der Waals surface area contributed by atoms with Gasteiger partial charge in [0.1, 0.15) is 0 Å². The number of halogens is 2. The Morgan fingerprint density at radius 3 is 2.46 bits per heavy atom. The van der Waals surface area contributed by atoms with Gasteiger partial charge in [0, 0.05) is 19.0 Å². The van der Waals surface area contributed by atoms with Gasteiger partial charge >= 0.3 is 0 Å². The largest absolute Gasteiger partial charge is 0.352 e. The molecule has 3 aliphatic rings. The van der Waals surface area contributed by atoms with Gasteiger partial charge in [0.2, 0.25) is 5.91 Å². The van der Waals surface area contributed by atoms with Gasteiger partial charge in [0.05, 0.1) is 0 Å². The molecule has 2 aliphatic heterocycles. The van der Waals surface area contributed by atoms with E-state index in [1.807, 2.05) is 0 Å². The van der Waals surface area contributed by atoms with Crippen LogP contribution >= 0.6 is 24.8 Å². The van der Waals surface area contributed by atoms with Crippen molar-refractivity contribution in [2.24, 2.45) is 17.3 Å². The van der Waals surface area contributed by atoms with Gasteiger partial charge in [0.15, 0.2) is 0 Å². The Hall–Kier alpha value is -0.810. The average molecular weight is 428 g/mol. The number of hydrogen-bond donors (Lipinski definition) is 2. The summed E-state index contributed by atoms with van der Waals surface area (Å²) in [7, 11) is 0. The standard InChI is InChI=1S/C22H33N3O.2ClH/c1-17-6-12-25(13-7-17)16-19-5-3-2-4-18(19)15-24-21(26)20-14-22(20)8-10-23-11-9-22;;/h2-5,17,20,23H,6-16H2,1H3,(H,24,26);2*1H. The molecule has 4 rings (SSSR count). The van der Waals surface area contributed by atoms with E-state index in [2.05, 4.69) is 46.7 Å². The predicted molar refractivity (Wildman–Crippen MR) is 119 cm³/mol. The van der Waals surface area contributed by atoms with Gasteiger partial charge in [-0.15, -0.1) is 24.8 Å². The zero-order valence-corrected chi connectivity index (χ0v) is 18.5. The molecular weight excluding hydrogens is 393 g/mol. The minimum Gasteiger partial charge on any atom is -0.352 e. The smallest absolute Gasteiger partial charge is 0.223 e. The lowest BCUT2D eigenvalue weighted by molar-refractivity contribution is -0.123. The first-order valence-electron chi connectivity index (χ1n) is 10.4. The summed E-state index contributed by atoms with van der Waals surface area (Å²) < 4.78 is 0. The maximum atomic E-state index is 12.6. The molecule has 1 spiro atoms. The van der Waals surface area contributed by atoms with Crippen LogP contribution in [0.5, 0.6) is 0 Å². The van der Waals surface area contributed by atoms with Crippen LogP contribution in [0.25, 0.3) is 0 Å². The third-order valence-electron chi connectivity index (χ3n) is 6.95. The number of benzene rings is 1. The molecule has 4 nitrogen and oxygen atoms in total. The van der Waals surface area contributed by atoms with Crippen LogP contribution in [0.2, 0.25) is 0 Å². The zero-order valence-electron chi connectivity index (χ0n) is 16.9. The van der Waals surface area contributed by atoms with Gasteiger partial charge in [0.25, 0.3) is 0 Å². The minimum absolute atomic E-state index is 0. The summed E-state index contributed by atoms with van der Waals surface area (Å²) in [5.74, 6) is 1.38. The van der Waals surface area contributed by atoms with Gasteiger partial charge in [-0.2, -0.15) is 0 Å². The van der Waals surface area contributed by atoms with Crippen molar-refractivity contribution in [1.82, 2.24) is 15.5 Å². The second-order valence-electron chi connectivity index (χ2n) is 8.81. The molecule has 3 fully saturated rings. The number of hydrogen-bond acceptors (Lipinski definition) is 3. The van der Waals surface area contributed by atoms with Crippen molar-refractivity contribution in [2.45, 2.75) is 52.1 Å². The van der Waals surface area contributed by atoms with E-state index in [0.717, 1.165) is 44.8 Å². The number of likely N-dealkylation sites (tertiary alicyclic amines) is 1. The molecule has 2 saturated heterocycles. The van der Waals surface area contributed by atoms with E-state index < -0.39 is 0 Å². The van der Waals surface area contributed by atoms with Gasteiger partial charge in [-0.25, -0.2) is 0 Å². The number of carbonyl (C=O) groups excluding carboxylic acids is 1. The molecule has 1 aliphatic carbocycles. The van der Waals surface area contributed by atoms with E-state index in [4.69, 9.17) is 0 Å². The SMILES string of the molecule is CC1CCN(Cc2ccccc2CNC(=O)C2CC23CCNCC3)CC1.Cl.Cl. The Kier molecular flexibility index (Phi) is 8.62. The molecule has 1 saturated carbocycles. The van der Waals surface area contributed by atoms with Crippen molar-refractivity contribution >= 4 is 30.7 Å². The molecule has 0 radical (unpaired) electrons. The molecule has 1 amide bonds. The van der Waals surface area contributed by atoms with E-state index in [0.29, 0.717) is 12.0 Å². The van der Waals surface area contributed by atoms with Crippen molar-refractivity contribution in [3.63, 3.8) is 0 Å². The van der Waals surface area contributed by atoms with E-state index in [1.54, 1.807) is 0 Å². The van der Waals surface area contributed by atoms with Crippen LogP contribution in [0.1, 0.15) is 50.2 Å². The van der Waals surface area contributed by atoms with Crippen molar-refractivity contribution in [3.05, 3.63) is 35.4 Å². The number of rotatable bonds is 5. The summed E-state index contributed by atoms with van der Waals surface area (Å²) in [4.78, 5) is 15.2. The summed E-state index contributed by atoms with van der Waals surface area (Å²) in [6.07, 6.45) is 6.02. The third-order valence-corrected chi connectivity index (χ3v) is 6.95. The van der Waals surface area contributed by atoms with Crippen molar-refractivity contribution in [2.75, 3.05) is 26.2 Å². The summed E-state index contributed by atoms with van der Waals surface area (Å²) in [5, 5.41) is 6.65. The lowest BCUT2D eigenvalue weighted by Crippen LogP contribution is -2.34. The second-order valence-corrected chi connectivity index (χ2v) is 8.81. The summed E-state index contributed by atoms with van der Waals surface area (Å²) in [6, 6.07) is 8.62. The molecule has 28 heavy (non-hydrogen) atoms. The van der Waals surface area contributed by atoms with Gasteiger partial charge in [-0.3, -0.25) is 9.69 Å². The first kappa shape index (κ1) is 23.5. The lowest BCUT2D eigenvalue weighted by Gasteiger charge is -2.30. The highest BCUT2D eigenvalue weighted by atomic mass is 35.5. The second kappa shape index (κ2) is 10.3. The van der Waals surface area contributed by atoms with E-state index in [-0.39, 0.29) is 36.6 Å². The van der Waals surface area contributed by atoms with Crippen LogP contribution in [-0.2, 0) is 17.9 Å². The number of nitrogens with zero attached hydrogens (tertiary/aromatic N) is 1. The van der Waals surface area contributed by atoms with Crippen LogP contribution in [0.15, 0.2) is 24.3 Å². The van der Waals surface area contributed by atoms with Crippen LogP contribution in [0.3, 0.4) is 0 Å². The molecule has 0 bridgehead atoms. The summed E-state index contributed by atoms with van der Waals surface area (Å²) in [5.41, 5.74) is 2.97. The first-order valence-corrected chi connectivity index (χ1v) is 10.4. The number of amides is 1. The van der Waals surface area contributed by atoms with Crippen LogP contribution in [0, 0.1) is 17.3 Å². The molecule has 1 atom stereocenters. The van der Waals surface area contributed by atoms with Gasteiger partial charge < -0.3 is 10.6 Å². The fourth-order valence-corrected chi connectivity index (χ4v) is 4.85. The fourth-order valence-electron chi connectivity index (χ4n) is 4.85. The number of carbonyl (C=O) groups is 1. The molecule has 1 aromatic rings. The molecule has 158 valence electrons. The maximum Gasteiger partial charge on any atom is 0.223 e. The molecular formula is C22H35Cl2N3O. The minimum atomic E-state index is 0. The normalized spacial score (nSPS) is 24.1. The highest BCUT2D eigenvalue weighted by Gasteiger charge is 2.57. The topological polar surface area (TPSA) is 44.4 Å². The van der Waals surface area contributed by atoms with Gasteiger partial charge in [-0.05, 0) is 80.7 Å². The molecule has 1 unspecified atom stereocenters. The molecule has 0 aromatic heterocycles. The predicted octanol–water partition coefficient (Wildman–Crippen LogP) is 3.77. The Morgan fingerprint density at radius 1 is 1.14 bits per heavy atom. The van der Waals surface area contributed by atoms with Crippen molar-refractivity contribution in [3.8, 4) is 0 Å². The van der Waals surface area contributed by atoms with Crippen LogP contribution in [-0.4, -0.2) is 37.0 Å². The zero-order chi connectivity index (χ0) is 18.0. The Bertz CT molecular complexity index is 640. The summed E-state index contributed by atoms with van der Waals surface area (Å²) in [6.45, 7) is 8.57. The van der Waals surface area contributed by atoms with E-state index in [9.17, 15) is 4.79 Å². The van der Waals surface area contributed by atoms with Crippen LogP contribution in [0.4, 0.5) is 0 Å². The first-order chi connectivity index (χ1) is 12.7. The molecule has 6 heteroatoms. The number of piperidine rings is 2. The van der Waals surface area contributed by atoms with Gasteiger partial charge in [-0.1, -0.05) is 31.2 Å². The number of nitrogens with one attached hydrogen (secondary N) is 2. The van der Waals surface area contributed by atoms with Crippen LogP contribution < -0.4 is 10.6 Å². The van der Waals surface area contributed by atoms with Crippen molar-refractivity contribution < 1.29 is 4.79 Å². The molecule has 1 aromatic carbocycles. The molecule has 2 N–H and O–H groups in total. The van der Waals surface area contributed by atoms with E-state index >= 15 is 0 Å². The average Bonchev–Trinajstić information content (AvgIpc) is 3.36. The monoisotopic (exact) mass is 427 g/mol. The van der Waals surface area contributed by atoms with E-state index in [1.165, 1.54) is 37.1 Å². The quantitative estimate of drug-likeness (QED) is 0.751. The Labute approximate surface area is 182 Å².